The average Bonchev–Trinajstić information content (AvgIpc) is 3.02. The van der Waals surface area contributed by atoms with Crippen LogP contribution in [0.15, 0.2) is 42.5 Å². The fraction of sp³-hybridized carbons (Fsp3) is 0.333. The fourth-order valence-corrected chi connectivity index (χ4v) is 4.61. The van der Waals surface area contributed by atoms with Crippen molar-refractivity contribution in [1.29, 1.82) is 10.8 Å². The molecule has 0 aliphatic carbocycles. The molecule has 0 aromatic heterocycles. The lowest BCUT2D eigenvalue weighted by atomic mass is 9.80. The van der Waals surface area contributed by atoms with E-state index in [1.165, 1.54) is 12.1 Å². The van der Waals surface area contributed by atoms with Crippen molar-refractivity contribution < 1.29 is 26.3 Å². The second kappa shape index (κ2) is 8.64. The van der Waals surface area contributed by atoms with Gasteiger partial charge in [-0.2, -0.15) is 26.3 Å². The zero-order valence-corrected chi connectivity index (χ0v) is 19.9. The Balaban J connectivity index is 2.08. The maximum absolute atomic E-state index is 13.3. The maximum Gasteiger partial charge on any atom is 0.393 e. The molecule has 0 atom stereocenters. The molecule has 1 aliphatic heterocycles. The number of halogens is 6. The monoisotopic (exact) mass is 505 g/mol. The highest BCUT2D eigenvalue weighted by atomic mass is 19.4. The van der Waals surface area contributed by atoms with E-state index < -0.39 is 25.2 Å². The molecule has 9 heteroatoms. The first kappa shape index (κ1) is 25.7. The van der Waals surface area contributed by atoms with Crippen LogP contribution in [0.5, 0.6) is 0 Å². The van der Waals surface area contributed by atoms with E-state index >= 15 is 0 Å². The molecule has 3 nitrogen and oxygen atoms in total. The van der Waals surface area contributed by atoms with Crippen LogP contribution in [0.4, 0.5) is 26.3 Å². The van der Waals surface area contributed by atoms with Crippen molar-refractivity contribution in [3.8, 4) is 11.1 Å². The van der Waals surface area contributed by atoms with Gasteiger partial charge in [0.25, 0.3) is 0 Å². The van der Waals surface area contributed by atoms with Gasteiger partial charge in [-0.25, -0.2) is 0 Å². The van der Waals surface area contributed by atoms with Gasteiger partial charge in [0.2, 0.25) is 0 Å². The van der Waals surface area contributed by atoms with Crippen molar-refractivity contribution in [2.24, 2.45) is 0 Å². The van der Waals surface area contributed by atoms with Crippen LogP contribution in [0, 0.1) is 10.8 Å². The van der Waals surface area contributed by atoms with Gasteiger partial charge in [0.05, 0.1) is 12.8 Å². The van der Waals surface area contributed by atoms with E-state index in [4.69, 9.17) is 10.8 Å². The standard InChI is InChI=1S/C27H25F6N3/c1-4-25(2,3)18-6-5-16-10-20-22(24(35)36-23(20)34)21(19(16)11-18)17-8-14(12-26(28,29)30)7-15(9-17)13-27(31,32)33/h5-11H,4,12-13H2,1-3H3,(H3,34,35,36). The van der Waals surface area contributed by atoms with Crippen LogP contribution in [0.1, 0.15) is 55.0 Å². The first-order valence-corrected chi connectivity index (χ1v) is 11.4. The molecule has 0 fully saturated rings. The normalized spacial score (nSPS) is 14.4. The Kier molecular flexibility index (Phi) is 6.17. The van der Waals surface area contributed by atoms with E-state index in [2.05, 4.69) is 5.32 Å². The zero-order chi connectivity index (χ0) is 26.6. The van der Waals surface area contributed by atoms with Crippen molar-refractivity contribution in [2.45, 2.75) is 57.8 Å². The van der Waals surface area contributed by atoms with E-state index in [0.717, 1.165) is 18.1 Å². The molecule has 0 spiro atoms. The van der Waals surface area contributed by atoms with Gasteiger partial charge in [-0.3, -0.25) is 10.8 Å². The molecule has 0 saturated heterocycles. The van der Waals surface area contributed by atoms with E-state index in [1.807, 2.05) is 39.0 Å². The summed E-state index contributed by atoms with van der Waals surface area (Å²) in [7, 11) is 0. The first-order valence-electron chi connectivity index (χ1n) is 11.4. The summed E-state index contributed by atoms with van der Waals surface area (Å²) in [5.74, 6) is -0.163. The Bertz CT molecular complexity index is 1350. The fourth-order valence-electron chi connectivity index (χ4n) is 4.61. The Morgan fingerprint density at radius 2 is 1.33 bits per heavy atom. The van der Waals surface area contributed by atoms with Crippen LogP contribution in [-0.4, -0.2) is 24.0 Å². The van der Waals surface area contributed by atoms with Gasteiger partial charge in [0.15, 0.2) is 0 Å². The lowest BCUT2D eigenvalue weighted by Gasteiger charge is -2.25. The summed E-state index contributed by atoms with van der Waals surface area (Å²) in [4.78, 5) is 0. The number of benzene rings is 3. The molecule has 1 aliphatic rings. The molecule has 3 aromatic rings. The third-order valence-corrected chi connectivity index (χ3v) is 6.73. The summed E-state index contributed by atoms with van der Waals surface area (Å²) in [5.41, 5.74) is 1.32. The number of hydrogen-bond acceptors (Lipinski definition) is 2. The van der Waals surface area contributed by atoms with Crippen molar-refractivity contribution in [2.75, 3.05) is 0 Å². The second-order valence-electron chi connectivity index (χ2n) is 9.84. The molecule has 0 bridgehead atoms. The summed E-state index contributed by atoms with van der Waals surface area (Å²) in [6.45, 7) is 6.12. The molecule has 3 aromatic carbocycles. The zero-order valence-electron chi connectivity index (χ0n) is 19.9. The van der Waals surface area contributed by atoms with Gasteiger partial charge < -0.3 is 5.32 Å². The SMILES string of the molecule is CCC(C)(C)c1ccc2cc3c(c(-c4cc(CC(F)(F)F)cc(CC(F)(F)F)c4)c2c1)C(=N)NC3=N. The highest BCUT2D eigenvalue weighted by Crippen LogP contribution is 2.41. The number of hydrogen-bond donors (Lipinski definition) is 3. The summed E-state index contributed by atoms with van der Waals surface area (Å²) in [6, 6.07) is 10.8. The highest BCUT2D eigenvalue weighted by Gasteiger charge is 2.33. The summed E-state index contributed by atoms with van der Waals surface area (Å²) in [6.07, 6.45) is -11.2. The van der Waals surface area contributed by atoms with E-state index in [0.29, 0.717) is 27.5 Å². The molecule has 0 saturated carbocycles. The number of amidine groups is 2. The predicted molar refractivity (Wildman–Crippen MR) is 129 cm³/mol. The first-order chi connectivity index (χ1) is 16.6. The molecule has 0 amide bonds. The van der Waals surface area contributed by atoms with Gasteiger partial charge in [-0.15, -0.1) is 0 Å². The number of alkyl halides is 6. The van der Waals surface area contributed by atoms with E-state index in [9.17, 15) is 26.3 Å². The highest BCUT2D eigenvalue weighted by molar-refractivity contribution is 6.28. The van der Waals surface area contributed by atoms with Gasteiger partial charge in [0, 0.05) is 16.7 Å². The molecule has 0 unspecified atom stereocenters. The van der Waals surface area contributed by atoms with Crippen LogP contribution >= 0.6 is 0 Å². The molecule has 36 heavy (non-hydrogen) atoms. The Labute approximate surface area is 204 Å². The van der Waals surface area contributed by atoms with Gasteiger partial charge >= 0.3 is 12.4 Å². The average molecular weight is 506 g/mol. The lowest BCUT2D eigenvalue weighted by molar-refractivity contribution is -0.127. The van der Waals surface area contributed by atoms with Crippen LogP contribution in [-0.2, 0) is 18.3 Å². The Hall–Kier alpha value is -3.36. The van der Waals surface area contributed by atoms with Crippen LogP contribution < -0.4 is 5.32 Å². The van der Waals surface area contributed by atoms with Crippen molar-refractivity contribution in [3.63, 3.8) is 0 Å². The largest absolute Gasteiger partial charge is 0.393 e. The maximum atomic E-state index is 13.3. The minimum absolute atomic E-state index is 0.0434. The van der Waals surface area contributed by atoms with E-state index in [1.54, 1.807) is 6.07 Å². The molecular weight excluding hydrogens is 480 g/mol. The van der Waals surface area contributed by atoms with Crippen molar-refractivity contribution >= 4 is 22.4 Å². The van der Waals surface area contributed by atoms with Crippen LogP contribution in [0.3, 0.4) is 0 Å². The molecule has 1 heterocycles. The van der Waals surface area contributed by atoms with Crippen LogP contribution in [0.25, 0.3) is 21.9 Å². The number of rotatable bonds is 5. The molecular formula is C27H25F6N3. The molecule has 0 radical (unpaired) electrons. The van der Waals surface area contributed by atoms with Gasteiger partial charge in [0.1, 0.15) is 11.7 Å². The quantitative estimate of drug-likeness (QED) is 0.306. The summed E-state index contributed by atoms with van der Waals surface area (Å²) < 4.78 is 79.6. The number of fused-ring (bicyclic) bond motifs is 2. The topological polar surface area (TPSA) is 59.7 Å². The minimum atomic E-state index is -4.61. The summed E-state index contributed by atoms with van der Waals surface area (Å²) in [5, 5.41) is 20.6. The second-order valence-corrected chi connectivity index (χ2v) is 9.84. The van der Waals surface area contributed by atoms with Gasteiger partial charge in [-0.05, 0) is 57.0 Å². The minimum Gasteiger partial charge on any atom is -0.325 e. The molecule has 190 valence electrons. The smallest absolute Gasteiger partial charge is 0.325 e. The third-order valence-electron chi connectivity index (χ3n) is 6.73. The lowest BCUT2D eigenvalue weighted by Crippen LogP contribution is -2.20. The van der Waals surface area contributed by atoms with E-state index in [-0.39, 0.29) is 33.8 Å². The van der Waals surface area contributed by atoms with Crippen LogP contribution in [0.2, 0.25) is 0 Å². The number of nitrogens with one attached hydrogen (secondary N) is 3. The Morgan fingerprint density at radius 1 is 0.750 bits per heavy atom. The van der Waals surface area contributed by atoms with Gasteiger partial charge in [-0.1, -0.05) is 51.1 Å². The van der Waals surface area contributed by atoms with Crippen molar-refractivity contribution in [1.82, 2.24) is 5.32 Å². The van der Waals surface area contributed by atoms with Crippen molar-refractivity contribution in [3.05, 3.63) is 70.3 Å². The third kappa shape index (κ3) is 5.10. The molecule has 3 N–H and O–H groups in total. The molecule has 4 rings (SSSR count). The predicted octanol–water partition coefficient (Wildman–Crippen LogP) is 7.66. The summed E-state index contributed by atoms with van der Waals surface area (Å²) >= 11 is 0. The Morgan fingerprint density at radius 3 is 1.86 bits per heavy atom.